The molecule has 15 heavy (non-hydrogen) atoms. The maximum Gasteiger partial charge on any atom is 0.0357 e. The minimum Gasteiger partial charge on any atom is -0.310 e. The van der Waals surface area contributed by atoms with E-state index < -0.39 is 0 Å². The molecule has 0 radical (unpaired) electrons. The van der Waals surface area contributed by atoms with Gasteiger partial charge in [0.15, 0.2) is 0 Å². The highest BCUT2D eigenvalue weighted by atomic mass is 14.9. The van der Waals surface area contributed by atoms with Crippen molar-refractivity contribution in [2.75, 3.05) is 6.54 Å². The Bertz CT molecular complexity index is 328. The first-order valence-electron chi connectivity index (χ1n) is 5.60. The molecule has 0 aromatic heterocycles. The normalized spacial score (nSPS) is 12.5. The molecule has 1 atom stereocenters. The first kappa shape index (κ1) is 12.0. The van der Waals surface area contributed by atoms with Crippen LogP contribution in [0.1, 0.15) is 36.1 Å². The molecule has 0 bridgehead atoms. The molecule has 0 aliphatic carbocycles. The summed E-state index contributed by atoms with van der Waals surface area (Å²) in [5.74, 6) is 0. The number of rotatable bonds is 5. The fraction of sp³-hybridized carbons (Fsp3) is 0.429. The fourth-order valence-electron chi connectivity index (χ4n) is 1.87. The molecule has 82 valence electrons. The maximum atomic E-state index is 3.82. The fourth-order valence-corrected chi connectivity index (χ4v) is 1.87. The van der Waals surface area contributed by atoms with Gasteiger partial charge in [0.1, 0.15) is 0 Å². The van der Waals surface area contributed by atoms with E-state index >= 15 is 0 Å². The summed E-state index contributed by atoms with van der Waals surface area (Å²) in [5.41, 5.74) is 4.08. The molecule has 0 fully saturated rings. The van der Waals surface area contributed by atoms with Crippen LogP contribution in [-0.4, -0.2) is 6.54 Å². The van der Waals surface area contributed by atoms with Crippen LogP contribution in [0.2, 0.25) is 0 Å². The van der Waals surface area contributed by atoms with Crippen molar-refractivity contribution in [1.82, 2.24) is 5.32 Å². The van der Waals surface area contributed by atoms with E-state index in [-0.39, 0.29) is 0 Å². The Hall–Kier alpha value is -1.08. The van der Waals surface area contributed by atoms with Crippen molar-refractivity contribution < 1.29 is 0 Å². The Morgan fingerprint density at radius 2 is 2.13 bits per heavy atom. The quantitative estimate of drug-likeness (QED) is 0.722. The molecule has 0 spiro atoms. The molecule has 1 aromatic carbocycles. The van der Waals surface area contributed by atoms with Crippen LogP contribution >= 0.6 is 0 Å². The second-order valence-electron chi connectivity index (χ2n) is 3.99. The van der Waals surface area contributed by atoms with Gasteiger partial charge in [-0.15, -0.1) is 6.58 Å². The molecule has 1 rings (SSSR count). The van der Waals surface area contributed by atoms with Gasteiger partial charge in [-0.25, -0.2) is 0 Å². The predicted molar refractivity (Wildman–Crippen MR) is 67.1 cm³/mol. The second kappa shape index (κ2) is 5.72. The molecule has 1 unspecified atom stereocenters. The van der Waals surface area contributed by atoms with E-state index in [2.05, 4.69) is 50.9 Å². The van der Waals surface area contributed by atoms with Crippen molar-refractivity contribution in [3.8, 4) is 0 Å². The van der Waals surface area contributed by atoms with Gasteiger partial charge >= 0.3 is 0 Å². The van der Waals surface area contributed by atoms with E-state index in [0.29, 0.717) is 6.04 Å². The average molecular weight is 203 g/mol. The van der Waals surface area contributed by atoms with E-state index in [4.69, 9.17) is 0 Å². The van der Waals surface area contributed by atoms with E-state index in [9.17, 15) is 0 Å². The van der Waals surface area contributed by atoms with Gasteiger partial charge in [-0.1, -0.05) is 36.8 Å². The van der Waals surface area contributed by atoms with Crippen molar-refractivity contribution in [2.45, 2.75) is 33.2 Å². The molecule has 1 nitrogen and oxygen atoms in total. The number of hydrogen-bond donors (Lipinski definition) is 1. The smallest absolute Gasteiger partial charge is 0.0357 e. The lowest BCUT2D eigenvalue weighted by atomic mass is 9.97. The van der Waals surface area contributed by atoms with Crippen molar-refractivity contribution in [1.29, 1.82) is 0 Å². The average Bonchev–Trinajstić information content (AvgIpc) is 2.21. The topological polar surface area (TPSA) is 12.0 Å². The Morgan fingerprint density at radius 1 is 1.40 bits per heavy atom. The lowest BCUT2D eigenvalue weighted by Crippen LogP contribution is -2.21. The Morgan fingerprint density at radius 3 is 2.73 bits per heavy atom. The van der Waals surface area contributed by atoms with E-state index in [0.717, 1.165) is 13.0 Å². The standard InChI is InChI=1S/C14H21N/c1-5-7-14(15-6-2)13-10-11(3)8-9-12(13)4/h5,8-10,14-15H,1,6-7H2,2-4H3. The highest BCUT2D eigenvalue weighted by molar-refractivity contribution is 5.33. The van der Waals surface area contributed by atoms with Crippen LogP contribution in [0.5, 0.6) is 0 Å². The summed E-state index contributed by atoms with van der Waals surface area (Å²) < 4.78 is 0. The van der Waals surface area contributed by atoms with Crippen LogP contribution in [-0.2, 0) is 0 Å². The molecule has 1 N–H and O–H groups in total. The summed E-state index contributed by atoms with van der Waals surface area (Å²) in [4.78, 5) is 0. The van der Waals surface area contributed by atoms with Gasteiger partial charge in [-0.05, 0) is 37.9 Å². The molecular weight excluding hydrogens is 182 g/mol. The minimum absolute atomic E-state index is 0.410. The van der Waals surface area contributed by atoms with Gasteiger partial charge in [0, 0.05) is 6.04 Å². The zero-order valence-electron chi connectivity index (χ0n) is 10.0. The van der Waals surface area contributed by atoms with Crippen molar-refractivity contribution in [2.24, 2.45) is 0 Å². The summed E-state index contributed by atoms with van der Waals surface area (Å²) in [6.45, 7) is 11.3. The molecule has 0 aliphatic heterocycles. The minimum atomic E-state index is 0.410. The molecular formula is C14H21N. The Balaban J connectivity index is 2.97. The lowest BCUT2D eigenvalue weighted by Gasteiger charge is -2.19. The van der Waals surface area contributed by atoms with Gasteiger partial charge in [-0.3, -0.25) is 0 Å². The lowest BCUT2D eigenvalue weighted by molar-refractivity contribution is 0.556. The number of nitrogens with one attached hydrogen (secondary N) is 1. The van der Waals surface area contributed by atoms with E-state index in [1.54, 1.807) is 0 Å². The van der Waals surface area contributed by atoms with Gasteiger partial charge in [0.25, 0.3) is 0 Å². The molecule has 0 saturated heterocycles. The first-order valence-corrected chi connectivity index (χ1v) is 5.60. The summed E-state index contributed by atoms with van der Waals surface area (Å²) in [6.07, 6.45) is 2.97. The summed E-state index contributed by atoms with van der Waals surface area (Å²) in [6, 6.07) is 7.03. The Labute approximate surface area is 93.2 Å². The van der Waals surface area contributed by atoms with Crippen LogP contribution in [0.4, 0.5) is 0 Å². The predicted octanol–water partition coefficient (Wildman–Crippen LogP) is 3.53. The monoisotopic (exact) mass is 203 g/mol. The molecule has 1 aromatic rings. The zero-order valence-corrected chi connectivity index (χ0v) is 10.0. The van der Waals surface area contributed by atoms with Crippen molar-refractivity contribution in [3.05, 3.63) is 47.5 Å². The van der Waals surface area contributed by atoms with Crippen molar-refractivity contribution >= 4 is 0 Å². The third kappa shape index (κ3) is 3.21. The molecule has 0 saturated carbocycles. The van der Waals surface area contributed by atoms with Crippen LogP contribution in [0.15, 0.2) is 30.9 Å². The van der Waals surface area contributed by atoms with Crippen LogP contribution in [0.3, 0.4) is 0 Å². The third-order valence-electron chi connectivity index (χ3n) is 2.66. The summed E-state index contributed by atoms with van der Waals surface area (Å²) >= 11 is 0. The third-order valence-corrected chi connectivity index (χ3v) is 2.66. The number of benzene rings is 1. The van der Waals surface area contributed by atoms with E-state index in [1.807, 2.05) is 6.08 Å². The molecule has 1 heteroatoms. The van der Waals surface area contributed by atoms with Gasteiger partial charge in [0.2, 0.25) is 0 Å². The number of hydrogen-bond acceptors (Lipinski definition) is 1. The highest BCUT2D eigenvalue weighted by Gasteiger charge is 2.10. The van der Waals surface area contributed by atoms with Gasteiger partial charge in [-0.2, -0.15) is 0 Å². The Kier molecular flexibility index (Phi) is 4.57. The first-order chi connectivity index (χ1) is 7.19. The summed E-state index contributed by atoms with van der Waals surface area (Å²) in [7, 11) is 0. The SMILES string of the molecule is C=CCC(NCC)c1cc(C)ccc1C. The second-order valence-corrected chi connectivity index (χ2v) is 3.99. The molecule has 0 aliphatic rings. The van der Waals surface area contributed by atoms with E-state index in [1.165, 1.54) is 16.7 Å². The largest absolute Gasteiger partial charge is 0.310 e. The molecule has 0 heterocycles. The van der Waals surface area contributed by atoms with Crippen LogP contribution < -0.4 is 5.32 Å². The van der Waals surface area contributed by atoms with Gasteiger partial charge < -0.3 is 5.32 Å². The van der Waals surface area contributed by atoms with Crippen LogP contribution in [0.25, 0.3) is 0 Å². The van der Waals surface area contributed by atoms with Crippen LogP contribution in [0, 0.1) is 13.8 Å². The maximum absolute atomic E-state index is 3.82. The van der Waals surface area contributed by atoms with Gasteiger partial charge in [0.05, 0.1) is 0 Å². The highest BCUT2D eigenvalue weighted by Crippen LogP contribution is 2.22. The zero-order chi connectivity index (χ0) is 11.3. The summed E-state index contributed by atoms with van der Waals surface area (Å²) in [5, 5.41) is 3.50. The number of aryl methyl sites for hydroxylation is 2. The molecule has 0 amide bonds. The van der Waals surface area contributed by atoms with Crippen molar-refractivity contribution in [3.63, 3.8) is 0 Å².